The molecule has 1 unspecified atom stereocenters. The van der Waals surface area contributed by atoms with Crippen molar-refractivity contribution in [2.24, 2.45) is 10.8 Å². The van der Waals surface area contributed by atoms with Crippen LogP contribution in [0.15, 0.2) is 59.7 Å². The SMILES string of the molecule is COP(=O)(CNC(Cc1ccc(-c2ccccc2)cc1)C(=O)N1NN=C(CCN)N1CCC#N)OC. The molecule has 192 valence electrons. The van der Waals surface area contributed by atoms with Crippen LogP contribution in [-0.4, -0.2) is 61.5 Å². The summed E-state index contributed by atoms with van der Waals surface area (Å²) in [5, 5.41) is 19.2. The van der Waals surface area contributed by atoms with E-state index in [1.54, 1.807) is 5.01 Å². The largest absolute Gasteiger partial charge is 0.343 e. The van der Waals surface area contributed by atoms with E-state index < -0.39 is 13.6 Å². The molecule has 0 radical (unpaired) electrons. The Bertz CT molecular complexity index is 1110. The standard InChI is InChI=1S/C24H32N7O4P/c1-34-36(33,35-2)18-27-22(17-19-9-11-21(12-10-19)20-7-4-3-5-8-20)24(32)31-29-28-23(13-15-26)30(31)16-6-14-25/h3-5,7-12,22,27,29H,6,13,15-18,26H2,1-2H3. The number of nitrogens with one attached hydrogen (secondary N) is 2. The van der Waals surface area contributed by atoms with E-state index in [1.807, 2.05) is 54.6 Å². The maximum Gasteiger partial charge on any atom is 0.343 e. The molecule has 1 heterocycles. The van der Waals surface area contributed by atoms with Crippen molar-refractivity contribution >= 4 is 19.3 Å². The van der Waals surface area contributed by atoms with Crippen molar-refractivity contribution in [1.29, 1.82) is 5.26 Å². The number of amides is 1. The number of carbonyl (C=O) groups is 1. The van der Waals surface area contributed by atoms with Gasteiger partial charge in [-0.25, -0.2) is 5.01 Å². The van der Waals surface area contributed by atoms with Crippen LogP contribution in [0.3, 0.4) is 0 Å². The molecule has 11 nitrogen and oxygen atoms in total. The van der Waals surface area contributed by atoms with Gasteiger partial charge in [0.25, 0.3) is 5.91 Å². The number of benzene rings is 2. The lowest BCUT2D eigenvalue weighted by molar-refractivity contribution is -0.149. The summed E-state index contributed by atoms with van der Waals surface area (Å²) in [7, 11) is -0.828. The number of hydrogen-bond donors (Lipinski definition) is 3. The number of hydrazine groups is 2. The predicted molar refractivity (Wildman–Crippen MR) is 137 cm³/mol. The number of nitrogens with zero attached hydrogens (tertiary/aromatic N) is 4. The van der Waals surface area contributed by atoms with E-state index in [9.17, 15) is 9.36 Å². The average molecular weight is 514 g/mol. The highest BCUT2D eigenvalue weighted by molar-refractivity contribution is 7.53. The summed E-state index contributed by atoms with van der Waals surface area (Å²) >= 11 is 0. The summed E-state index contributed by atoms with van der Waals surface area (Å²) in [5.41, 5.74) is 11.5. The highest BCUT2D eigenvalue weighted by atomic mass is 31.2. The zero-order chi connectivity index (χ0) is 26.0. The fourth-order valence-electron chi connectivity index (χ4n) is 3.72. The fraction of sp³-hybridized carbons (Fsp3) is 0.375. The molecule has 2 aromatic carbocycles. The fourth-order valence-corrected chi connectivity index (χ4v) is 4.57. The Morgan fingerprint density at radius 3 is 2.44 bits per heavy atom. The molecule has 1 amide bonds. The maximum atomic E-state index is 13.7. The lowest BCUT2D eigenvalue weighted by Gasteiger charge is -2.31. The number of nitriles is 1. The lowest BCUT2D eigenvalue weighted by atomic mass is 10.0. The number of hydrogen-bond acceptors (Lipinski definition) is 10. The van der Waals surface area contributed by atoms with Crippen LogP contribution in [0.4, 0.5) is 0 Å². The van der Waals surface area contributed by atoms with Crippen LogP contribution >= 0.6 is 7.60 Å². The number of nitrogens with two attached hydrogens (primary N) is 1. The minimum absolute atomic E-state index is 0.166. The normalized spacial score (nSPS) is 14.2. The average Bonchev–Trinajstić information content (AvgIpc) is 3.32. The van der Waals surface area contributed by atoms with E-state index in [2.05, 4.69) is 22.0 Å². The number of amidine groups is 1. The monoisotopic (exact) mass is 513 g/mol. The van der Waals surface area contributed by atoms with Gasteiger partial charge in [0, 0.05) is 20.6 Å². The highest BCUT2D eigenvalue weighted by Crippen LogP contribution is 2.45. The van der Waals surface area contributed by atoms with Crippen molar-refractivity contribution < 1.29 is 18.4 Å². The van der Waals surface area contributed by atoms with Gasteiger partial charge in [-0.1, -0.05) is 54.6 Å². The summed E-state index contributed by atoms with van der Waals surface area (Å²) in [6, 6.07) is 19.2. The van der Waals surface area contributed by atoms with E-state index in [0.29, 0.717) is 25.2 Å². The molecule has 1 aliphatic heterocycles. The van der Waals surface area contributed by atoms with Crippen molar-refractivity contribution in [3.63, 3.8) is 0 Å². The molecular formula is C24H32N7O4P. The van der Waals surface area contributed by atoms with Crippen molar-refractivity contribution in [3.05, 3.63) is 60.2 Å². The molecular weight excluding hydrogens is 481 g/mol. The third-order valence-corrected chi connectivity index (χ3v) is 7.39. The molecule has 0 fully saturated rings. The van der Waals surface area contributed by atoms with Crippen LogP contribution in [0.25, 0.3) is 11.1 Å². The van der Waals surface area contributed by atoms with E-state index in [0.717, 1.165) is 16.7 Å². The highest BCUT2D eigenvalue weighted by Gasteiger charge is 2.35. The molecule has 2 aromatic rings. The quantitative estimate of drug-likeness (QED) is 0.344. The number of carbonyl (C=O) groups excluding carboxylic acids is 1. The van der Waals surface area contributed by atoms with Gasteiger partial charge in [0.2, 0.25) is 0 Å². The Hall–Kier alpha value is -3.26. The van der Waals surface area contributed by atoms with Crippen LogP contribution in [0.1, 0.15) is 18.4 Å². The van der Waals surface area contributed by atoms with E-state index in [-0.39, 0.29) is 25.2 Å². The van der Waals surface area contributed by atoms with Crippen LogP contribution in [-0.2, 0) is 24.8 Å². The van der Waals surface area contributed by atoms with Gasteiger partial charge in [0.05, 0.1) is 31.4 Å². The number of rotatable bonds is 13. The molecule has 0 spiro atoms. The third kappa shape index (κ3) is 6.91. The first-order valence-electron chi connectivity index (χ1n) is 11.5. The molecule has 0 saturated heterocycles. The van der Waals surface area contributed by atoms with Gasteiger partial charge in [0.1, 0.15) is 5.84 Å². The van der Waals surface area contributed by atoms with Gasteiger partial charge in [-0.05, 0) is 29.7 Å². The minimum Gasteiger partial charge on any atom is -0.330 e. The van der Waals surface area contributed by atoms with E-state index >= 15 is 0 Å². The Morgan fingerprint density at radius 2 is 1.83 bits per heavy atom. The molecule has 0 bridgehead atoms. The van der Waals surface area contributed by atoms with E-state index in [1.165, 1.54) is 19.3 Å². The number of hydrazone groups is 1. The first-order chi connectivity index (χ1) is 17.4. The van der Waals surface area contributed by atoms with Gasteiger partial charge in [0.15, 0.2) is 0 Å². The minimum atomic E-state index is -3.42. The van der Waals surface area contributed by atoms with Gasteiger partial charge >= 0.3 is 7.60 Å². The summed E-state index contributed by atoms with van der Waals surface area (Å²) in [5.74, 6) is 0.195. The predicted octanol–water partition coefficient (Wildman–Crippen LogP) is 2.44. The van der Waals surface area contributed by atoms with Crippen molar-refractivity contribution in [1.82, 2.24) is 21.0 Å². The molecule has 1 atom stereocenters. The zero-order valence-electron chi connectivity index (χ0n) is 20.5. The summed E-state index contributed by atoms with van der Waals surface area (Å²) in [4.78, 5) is 13.7. The molecule has 12 heteroatoms. The summed E-state index contributed by atoms with van der Waals surface area (Å²) < 4.78 is 22.7. The molecule has 0 aromatic heterocycles. The second-order valence-corrected chi connectivity index (χ2v) is 10.3. The zero-order valence-corrected chi connectivity index (χ0v) is 21.4. The molecule has 4 N–H and O–H groups in total. The van der Waals surface area contributed by atoms with Gasteiger partial charge in [-0.2, -0.15) is 10.8 Å². The van der Waals surface area contributed by atoms with Gasteiger partial charge in [-0.3, -0.25) is 14.7 Å². The van der Waals surface area contributed by atoms with E-state index in [4.69, 9.17) is 20.0 Å². The molecule has 0 saturated carbocycles. The smallest absolute Gasteiger partial charge is 0.330 e. The molecule has 36 heavy (non-hydrogen) atoms. The Kier molecular flexibility index (Phi) is 9.99. The first kappa shape index (κ1) is 27.3. The van der Waals surface area contributed by atoms with Crippen molar-refractivity contribution in [2.45, 2.75) is 25.3 Å². The first-order valence-corrected chi connectivity index (χ1v) is 13.3. The second kappa shape index (κ2) is 13.2. The van der Waals surface area contributed by atoms with Gasteiger partial charge in [-0.15, -0.1) is 10.2 Å². The molecule has 1 aliphatic rings. The summed E-state index contributed by atoms with van der Waals surface area (Å²) in [6.45, 7) is 0.604. The van der Waals surface area contributed by atoms with Crippen LogP contribution < -0.4 is 16.6 Å². The topological polar surface area (TPSA) is 145 Å². The molecule has 0 aliphatic carbocycles. The van der Waals surface area contributed by atoms with Crippen LogP contribution in [0, 0.1) is 11.3 Å². The lowest BCUT2D eigenvalue weighted by Crippen LogP contribution is -2.57. The van der Waals surface area contributed by atoms with Crippen molar-refractivity contribution in [3.8, 4) is 17.2 Å². The Morgan fingerprint density at radius 1 is 1.17 bits per heavy atom. The third-order valence-electron chi connectivity index (χ3n) is 5.71. The van der Waals surface area contributed by atoms with Crippen LogP contribution in [0.5, 0.6) is 0 Å². The van der Waals surface area contributed by atoms with Crippen molar-refractivity contribution in [2.75, 3.05) is 33.6 Å². The maximum absolute atomic E-state index is 13.7. The van der Waals surface area contributed by atoms with Crippen LogP contribution in [0.2, 0.25) is 0 Å². The van der Waals surface area contributed by atoms with Gasteiger partial charge < -0.3 is 14.8 Å². The summed E-state index contributed by atoms with van der Waals surface area (Å²) in [6.07, 6.45) is 0.763. The molecule has 3 rings (SSSR count). The second-order valence-electron chi connectivity index (χ2n) is 8.01. The Labute approximate surface area is 211 Å². The Balaban J connectivity index is 1.82.